The van der Waals surface area contributed by atoms with Crippen LogP contribution in [0.25, 0.3) is 0 Å². The summed E-state index contributed by atoms with van der Waals surface area (Å²) < 4.78 is 15.4. The number of hydrogen-bond donors (Lipinski definition) is 3. The van der Waals surface area contributed by atoms with Crippen molar-refractivity contribution in [3.8, 4) is 0 Å². The standard InChI is InChI=1S/C18H20FIN2O3/c1-11-10-13(20)6-7-16(11)21-17-14(4-3-5-15(17)19)18(24)22-25-9-8-12(2)23/h3-7,10,12,21,23H,8-9H2,1-2H3,(H,22,24). The molecule has 0 heterocycles. The largest absolute Gasteiger partial charge is 0.393 e. The minimum absolute atomic E-state index is 0.0865. The van der Waals surface area contributed by atoms with Crippen LogP contribution in [0.15, 0.2) is 36.4 Å². The summed E-state index contributed by atoms with van der Waals surface area (Å²) in [5, 5.41) is 12.2. The summed E-state index contributed by atoms with van der Waals surface area (Å²) in [7, 11) is 0. The molecule has 0 bridgehead atoms. The van der Waals surface area contributed by atoms with Gasteiger partial charge >= 0.3 is 0 Å². The number of amides is 1. The molecule has 1 atom stereocenters. The molecule has 2 rings (SSSR count). The molecule has 0 aliphatic heterocycles. The molecule has 5 nitrogen and oxygen atoms in total. The number of anilines is 2. The SMILES string of the molecule is Cc1cc(I)ccc1Nc1c(F)cccc1C(=O)NOCCC(C)O. The van der Waals surface area contributed by atoms with E-state index >= 15 is 0 Å². The van der Waals surface area contributed by atoms with E-state index in [1.165, 1.54) is 18.2 Å². The van der Waals surface area contributed by atoms with Gasteiger partial charge in [0.05, 0.1) is 24.0 Å². The lowest BCUT2D eigenvalue weighted by Gasteiger charge is -2.15. The van der Waals surface area contributed by atoms with Gasteiger partial charge in [0.2, 0.25) is 0 Å². The van der Waals surface area contributed by atoms with Gasteiger partial charge in [0.1, 0.15) is 5.82 Å². The molecule has 0 aliphatic rings. The van der Waals surface area contributed by atoms with Crippen LogP contribution in [0.4, 0.5) is 15.8 Å². The van der Waals surface area contributed by atoms with E-state index in [0.717, 1.165) is 14.8 Å². The van der Waals surface area contributed by atoms with Gasteiger partial charge in [0, 0.05) is 9.26 Å². The lowest BCUT2D eigenvalue weighted by molar-refractivity contribution is 0.0187. The van der Waals surface area contributed by atoms with Gasteiger partial charge < -0.3 is 10.4 Å². The molecule has 0 aromatic heterocycles. The van der Waals surface area contributed by atoms with Crippen molar-refractivity contribution in [3.05, 3.63) is 56.9 Å². The Morgan fingerprint density at radius 2 is 2.12 bits per heavy atom. The first kappa shape index (κ1) is 19.6. The summed E-state index contributed by atoms with van der Waals surface area (Å²) in [6.07, 6.45) is -0.136. The van der Waals surface area contributed by atoms with Crippen LogP contribution in [0.5, 0.6) is 0 Å². The smallest absolute Gasteiger partial charge is 0.277 e. The van der Waals surface area contributed by atoms with Crippen LogP contribution in [0.1, 0.15) is 29.3 Å². The van der Waals surface area contributed by atoms with E-state index < -0.39 is 17.8 Å². The van der Waals surface area contributed by atoms with Gasteiger partial charge in [-0.25, -0.2) is 9.87 Å². The zero-order valence-corrected chi connectivity index (χ0v) is 16.1. The van der Waals surface area contributed by atoms with Crippen molar-refractivity contribution in [2.24, 2.45) is 0 Å². The van der Waals surface area contributed by atoms with E-state index in [2.05, 4.69) is 33.4 Å². The van der Waals surface area contributed by atoms with Crippen molar-refractivity contribution in [2.75, 3.05) is 11.9 Å². The molecule has 3 N–H and O–H groups in total. The number of rotatable bonds is 7. The fourth-order valence-electron chi connectivity index (χ4n) is 2.14. The van der Waals surface area contributed by atoms with Crippen LogP contribution in [-0.2, 0) is 4.84 Å². The lowest BCUT2D eigenvalue weighted by atomic mass is 10.1. The highest BCUT2D eigenvalue weighted by atomic mass is 127. The predicted molar refractivity (Wildman–Crippen MR) is 103 cm³/mol. The third-order valence-electron chi connectivity index (χ3n) is 3.51. The van der Waals surface area contributed by atoms with E-state index in [4.69, 9.17) is 4.84 Å². The number of carbonyl (C=O) groups is 1. The normalized spacial score (nSPS) is 11.9. The fourth-order valence-corrected chi connectivity index (χ4v) is 2.79. The van der Waals surface area contributed by atoms with Crippen LogP contribution in [-0.4, -0.2) is 23.7 Å². The molecule has 2 aromatic rings. The number of nitrogens with one attached hydrogen (secondary N) is 2. The summed E-state index contributed by atoms with van der Waals surface area (Å²) >= 11 is 2.20. The number of para-hydroxylation sites is 1. The average Bonchev–Trinajstić information content (AvgIpc) is 2.55. The van der Waals surface area contributed by atoms with Gasteiger partial charge in [0.15, 0.2) is 0 Å². The molecule has 2 aromatic carbocycles. The Labute approximate surface area is 159 Å². The lowest BCUT2D eigenvalue weighted by Crippen LogP contribution is -2.26. The van der Waals surface area contributed by atoms with E-state index in [9.17, 15) is 14.3 Å². The number of hydrogen-bond acceptors (Lipinski definition) is 4. The van der Waals surface area contributed by atoms with Crippen LogP contribution in [0, 0.1) is 16.3 Å². The topological polar surface area (TPSA) is 70.6 Å². The Bertz CT molecular complexity index is 753. The molecular formula is C18H20FIN2O3. The van der Waals surface area contributed by atoms with Crippen LogP contribution < -0.4 is 10.8 Å². The maximum Gasteiger partial charge on any atom is 0.277 e. The van der Waals surface area contributed by atoms with Gasteiger partial charge in [-0.15, -0.1) is 0 Å². The maximum atomic E-state index is 14.3. The number of benzene rings is 2. The summed E-state index contributed by atoms with van der Waals surface area (Å²) in [6, 6.07) is 9.96. The Morgan fingerprint density at radius 3 is 2.80 bits per heavy atom. The second-order valence-electron chi connectivity index (χ2n) is 5.66. The van der Waals surface area contributed by atoms with E-state index in [1.807, 2.05) is 25.1 Å². The van der Waals surface area contributed by atoms with Crippen molar-refractivity contribution in [2.45, 2.75) is 26.4 Å². The van der Waals surface area contributed by atoms with Crippen molar-refractivity contribution < 1.29 is 19.1 Å². The second kappa shape index (κ2) is 9.12. The Balaban J connectivity index is 2.17. The molecule has 0 saturated heterocycles. The van der Waals surface area contributed by atoms with Crippen LogP contribution in [0.3, 0.4) is 0 Å². The minimum Gasteiger partial charge on any atom is -0.393 e. The number of aliphatic hydroxyl groups is 1. The van der Waals surface area contributed by atoms with Gasteiger partial charge in [-0.3, -0.25) is 9.63 Å². The molecule has 1 unspecified atom stereocenters. The monoisotopic (exact) mass is 458 g/mol. The zero-order valence-electron chi connectivity index (χ0n) is 14.0. The fraction of sp³-hybridized carbons (Fsp3) is 0.278. The van der Waals surface area contributed by atoms with Gasteiger partial charge in [-0.1, -0.05) is 6.07 Å². The van der Waals surface area contributed by atoms with E-state index in [1.54, 1.807) is 6.92 Å². The van der Waals surface area contributed by atoms with Gasteiger partial charge in [-0.2, -0.15) is 0 Å². The van der Waals surface area contributed by atoms with Crippen molar-refractivity contribution >= 4 is 39.9 Å². The summed E-state index contributed by atoms with van der Waals surface area (Å²) in [5.41, 5.74) is 4.15. The molecule has 7 heteroatoms. The number of aliphatic hydroxyl groups excluding tert-OH is 1. The summed E-state index contributed by atoms with van der Waals surface area (Å²) in [4.78, 5) is 17.3. The first-order chi connectivity index (χ1) is 11.9. The van der Waals surface area contributed by atoms with Crippen molar-refractivity contribution in [1.29, 1.82) is 0 Å². The number of carbonyl (C=O) groups excluding carboxylic acids is 1. The third-order valence-corrected chi connectivity index (χ3v) is 4.18. The molecule has 1 amide bonds. The maximum absolute atomic E-state index is 14.3. The first-order valence-electron chi connectivity index (χ1n) is 7.80. The predicted octanol–water partition coefficient (Wildman–Crippen LogP) is 3.91. The Hall–Kier alpha value is -1.71. The molecule has 25 heavy (non-hydrogen) atoms. The van der Waals surface area contributed by atoms with Gasteiger partial charge in [0.25, 0.3) is 5.91 Å². The van der Waals surface area contributed by atoms with Crippen LogP contribution in [0.2, 0.25) is 0 Å². The number of aryl methyl sites for hydroxylation is 1. The molecule has 0 saturated carbocycles. The zero-order chi connectivity index (χ0) is 18.4. The molecule has 0 spiro atoms. The first-order valence-corrected chi connectivity index (χ1v) is 8.88. The van der Waals surface area contributed by atoms with Crippen molar-refractivity contribution in [1.82, 2.24) is 5.48 Å². The third kappa shape index (κ3) is 5.65. The van der Waals surface area contributed by atoms with E-state index in [0.29, 0.717) is 6.42 Å². The summed E-state index contributed by atoms with van der Waals surface area (Å²) in [6.45, 7) is 3.70. The van der Waals surface area contributed by atoms with Crippen LogP contribution >= 0.6 is 22.6 Å². The minimum atomic E-state index is -0.559. The second-order valence-corrected chi connectivity index (χ2v) is 6.91. The quantitative estimate of drug-likeness (QED) is 0.334. The highest BCUT2D eigenvalue weighted by molar-refractivity contribution is 14.1. The number of hydroxylamine groups is 1. The molecule has 0 radical (unpaired) electrons. The molecule has 0 fully saturated rings. The van der Waals surface area contributed by atoms with Crippen molar-refractivity contribution in [3.63, 3.8) is 0 Å². The average molecular weight is 458 g/mol. The highest BCUT2D eigenvalue weighted by Crippen LogP contribution is 2.27. The Morgan fingerprint density at radius 1 is 1.36 bits per heavy atom. The molecule has 0 aliphatic carbocycles. The molecular weight excluding hydrogens is 438 g/mol. The highest BCUT2D eigenvalue weighted by Gasteiger charge is 2.16. The molecule has 134 valence electrons. The van der Waals surface area contributed by atoms with E-state index in [-0.39, 0.29) is 17.9 Å². The van der Waals surface area contributed by atoms with Gasteiger partial charge in [-0.05, 0) is 78.8 Å². The summed E-state index contributed by atoms with van der Waals surface area (Å²) in [5.74, 6) is -1.09. The Kier molecular flexibility index (Phi) is 7.15. The number of halogens is 2.